The molecule has 3 rings (SSSR count). The summed E-state index contributed by atoms with van der Waals surface area (Å²) >= 11 is 0. The lowest BCUT2D eigenvalue weighted by molar-refractivity contribution is 1.55. The maximum Gasteiger partial charge on any atom is -0.00992 e. The Hall–Kier alpha value is -3.12. The Morgan fingerprint density at radius 3 is 1.69 bits per heavy atom. The van der Waals surface area contributed by atoms with E-state index in [9.17, 15) is 0 Å². The van der Waals surface area contributed by atoms with E-state index in [1.807, 2.05) is 24.3 Å². The number of hydrogen-bond donors (Lipinski definition) is 0. The fourth-order valence-electron chi connectivity index (χ4n) is 2.86. The van der Waals surface area contributed by atoms with Crippen molar-refractivity contribution in [2.75, 3.05) is 0 Å². The van der Waals surface area contributed by atoms with E-state index < -0.39 is 0 Å². The lowest BCUT2D eigenvalue weighted by atomic mass is 9.91. The van der Waals surface area contributed by atoms with Gasteiger partial charge in [-0.25, -0.2) is 0 Å². The Labute approximate surface area is 158 Å². The van der Waals surface area contributed by atoms with E-state index in [1.54, 1.807) is 6.08 Å². The van der Waals surface area contributed by atoms with Crippen LogP contribution in [0.3, 0.4) is 0 Å². The van der Waals surface area contributed by atoms with Gasteiger partial charge in [0.05, 0.1) is 0 Å². The average molecular weight is 341 g/mol. The second-order valence-corrected chi connectivity index (χ2v) is 5.55. The maximum absolute atomic E-state index is 3.92. The average Bonchev–Trinajstić information content (AvgIpc) is 2.67. The summed E-state index contributed by atoms with van der Waals surface area (Å²) in [6, 6.07) is 27.5. The van der Waals surface area contributed by atoms with E-state index in [0.717, 1.165) is 11.1 Å². The van der Waals surface area contributed by atoms with Gasteiger partial charge in [0.1, 0.15) is 0 Å². The molecule has 0 aliphatic heterocycles. The van der Waals surface area contributed by atoms with Crippen molar-refractivity contribution in [3.63, 3.8) is 0 Å². The maximum atomic E-state index is 3.92. The van der Waals surface area contributed by atoms with Gasteiger partial charge in [-0.1, -0.05) is 119 Å². The molecule has 0 heterocycles. The first-order valence-electron chi connectivity index (χ1n) is 8.04. The fraction of sp³-hybridized carbons (Fsp3) is 0.0769. The number of benzene rings is 3. The Morgan fingerprint density at radius 2 is 1.19 bits per heavy atom. The van der Waals surface area contributed by atoms with Crippen LogP contribution in [0.25, 0.3) is 27.8 Å². The van der Waals surface area contributed by atoms with E-state index >= 15 is 0 Å². The van der Waals surface area contributed by atoms with Crippen LogP contribution in [0.15, 0.2) is 110 Å². The lowest BCUT2D eigenvalue weighted by Crippen LogP contribution is -1.89. The molecule has 0 saturated heterocycles. The molecule has 0 nitrogen and oxygen atoms in total. The minimum absolute atomic E-state index is 0. The monoisotopic (exact) mass is 340 g/mol. The quantitative estimate of drug-likeness (QED) is 0.412. The molecule has 0 unspecified atom stereocenters. The highest BCUT2D eigenvalue weighted by Crippen LogP contribution is 2.34. The van der Waals surface area contributed by atoms with Crippen molar-refractivity contribution in [2.45, 2.75) is 14.9 Å². The summed E-state index contributed by atoms with van der Waals surface area (Å²) in [6.45, 7) is 7.72. The summed E-state index contributed by atoms with van der Waals surface area (Å²) in [6.07, 6.45) is 5.65. The Kier molecular flexibility index (Phi) is 8.05. The second-order valence-electron chi connectivity index (χ2n) is 5.55. The third-order valence-electron chi connectivity index (χ3n) is 4.04. The zero-order valence-corrected chi connectivity index (χ0v) is 13.7. The predicted molar refractivity (Wildman–Crippen MR) is 119 cm³/mol. The summed E-state index contributed by atoms with van der Waals surface area (Å²) in [4.78, 5) is 0. The molecule has 3 aromatic rings. The molecule has 26 heavy (non-hydrogen) atoms. The van der Waals surface area contributed by atoms with Crippen LogP contribution in [0.5, 0.6) is 0 Å². The van der Waals surface area contributed by atoms with Gasteiger partial charge in [-0.2, -0.15) is 0 Å². The number of rotatable bonds is 5. The predicted octanol–water partition coefficient (Wildman–Crippen LogP) is 8.05. The Morgan fingerprint density at radius 1 is 0.654 bits per heavy atom. The van der Waals surface area contributed by atoms with E-state index in [2.05, 4.69) is 79.9 Å². The van der Waals surface area contributed by atoms with Crippen molar-refractivity contribution >= 4 is 5.57 Å². The van der Waals surface area contributed by atoms with Gasteiger partial charge in [0, 0.05) is 0 Å². The van der Waals surface area contributed by atoms with Gasteiger partial charge < -0.3 is 0 Å². The van der Waals surface area contributed by atoms with Gasteiger partial charge in [-0.3, -0.25) is 0 Å². The molecule has 0 aromatic heterocycles. The third-order valence-corrected chi connectivity index (χ3v) is 4.04. The standard InChI is InChI=1S/C24H20.2CH4/c1-3-11-19(4-2)22-16-17-23(20-12-7-5-8-13-20)24(18-22)21-14-9-6-10-15-21;;/h3-18H,1-2H2;2*1H4/b19-11+;;. The minimum Gasteiger partial charge on any atom is -0.0990 e. The highest BCUT2D eigenvalue weighted by Gasteiger charge is 2.09. The number of hydrogen-bond acceptors (Lipinski definition) is 0. The Balaban J connectivity index is 0.00000169. The van der Waals surface area contributed by atoms with Gasteiger partial charge in [0.2, 0.25) is 0 Å². The molecule has 0 aliphatic rings. The first-order valence-corrected chi connectivity index (χ1v) is 8.04. The van der Waals surface area contributed by atoms with Crippen LogP contribution in [0, 0.1) is 0 Å². The van der Waals surface area contributed by atoms with E-state index in [1.165, 1.54) is 22.3 Å². The largest absolute Gasteiger partial charge is 0.0990 e. The van der Waals surface area contributed by atoms with Crippen molar-refractivity contribution in [1.82, 2.24) is 0 Å². The third kappa shape index (κ3) is 4.49. The molecule has 0 bridgehead atoms. The molecule has 0 aliphatic carbocycles. The SMILES string of the molecule is C.C.C=C/C=C(\C=C)c1ccc(-c2ccccc2)c(-c2ccccc2)c1. The van der Waals surface area contributed by atoms with Crippen LogP contribution in [0.1, 0.15) is 20.4 Å². The molecule has 3 aromatic carbocycles. The van der Waals surface area contributed by atoms with Crippen molar-refractivity contribution in [1.29, 1.82) is 0 Å². The first kappa shape index (κ1) is 20.9. The van der Waals surface area contributed by atoms with Crippen LogP contribution in [-0.2, 0) is 0 Å². The highest BCUT2D eigenvalue weighted by atomic mass is 14.1. The van der Waals surface area contributed by atoms with Gasteiger partial charge in [-0.05, 0) is 39.5 Å². The lowest BCUT2D eigenvalue weighted by Gasteiger charge is -2.13. The zero-order valence-electron chi connectivity index (χ0n) is 13.7. The first-order chi connectivity index (χ1) is 11.8. The smallest absolute Gasteiger partial charge is 0.00992 e. The minimum atomic E-state index is 0. The molecule has 0 fully saturated rings. The van der Waals surface area contributed by atoms with Gasteiger partial charge in [-0.15, -0.1) is 0 Å². The van der Waals surface area contributed by atoms with Gasteiger partial charge in [0.25, 0.3) is 0 Å². The molecule has 0 N–H and O–H groups in total. The van der Waals surface area contributed by atoms with Crippen molar-refractivity contribution in [3.8, 4) is 22.3 Å². The van der Waals surface area contributed by atoms with Crippen molar-refractivity contribution in [2.24, 2.45) is 0 Å². The molecular weight excluding hydrogens is 312 g/mol. The summed E-state index contributed by atoms with van der Waals surface area (Å²) in [5.74, 6) is 0. The highest BCUT2D eigenvalue weighted by molar-refractivity contribution is 5.87. The summed E-state index contributed by atoms with van der Waals surface area (Å²) < 4.78 is 0. The van der Waals surface area contributed by atoms with Crippen molar-refractivity contribution in [3.05, 3.63) is 116 Å². The molecule has 0 atom stereocenters. The van der Waals surface area contributed by atoms with Crippen LogP contribution in [0.2, 0.25) is 0 Å². The molecule has 0 saturated carbocycles. The molecule has 132 valence electrons. The zero-order chi connectivity index (χ0) is 16.8. The van der Waals surface area contributed by atoms with Gasteiger partial charge in [0.15, 0.2) is 0 Å². The normalized spacial score (nSPS) is 10.2. The summed E-state index contributed by atoms with van der Waals surface area (Å²) in [7, 11) is 0. The van der Waals surface area contributed by atoms with Crippen LogP contribution in [-0.4, -0.2) is 0 Å². The van der Waals surface area contributed by atoms with Crippen LogP contribution < -0.4 is 0 Å². The fourth-order valence-corrected chi connectivity index (χ4v) is 2.86. The van der Waals surface area contributed by atoms with E-state index in [4.69, 9.17) is 0 Å². The summed E-state index contributed by atoms with van der Waals surface area (Å²) in [5, 5.41) is 0. The van der Waals surface area contributed by atoms with E-state index in [0.29, 0.717) is 0 Å². The van der Waals surface area contributed by atoms with Crippen LogP contribution >= 0.6 is 0 Å². The Bertz CT molecular complexity index is 868. The van der Waals surface area contributed by atoms with Crippen molar-refractivity contribution < 1.29 is 0 Å². The molecular formula is C26H28. The molecule has 0 spiro atoms. The van der Waals surface area contributed by atoms with Gasteiger partial charge >= 0.3 is 0 Å². The molecule has 0 heteroatoms. The number of allylic oxidation sites excluding steroid dienone is 4. The van der Waals surface area contributed by atoms with E-state index in [-0.39, 0.29) is 14.9 Å². The van der Waals surface area contributed by atoms with Crippen LogP contribution in [0.4, 0.5) is 0 Å². The topological polar surface area (TPSA) is 0 Å². The summed E-state index contributed by atoms with van der Waals surface area (Å²) in [5.41, 5.74) is 7.09. The second kappa shape index (κ2) is 10.0. The molecule has 0 amide bonds. The molecule has 0 radical (unpaired) electrons.